The molecule has 0 radical (unpaired) electrons. The molecular formula is C15H20N2OS. The molecule has 1 aromatic carbocycles. The maximum Gasteiger partial charge on any atom is 0.119 e. The molecule has 0 atom stereocenters. The Kier molecular flexibility index (Phi) is 5.36. The highest BCUT2D eigenvalue weighted by atomic mass is 32.1. The maximum absolute atomic E-state index is 5.68. The van der Waals surface area contributed by atoms with Gasteiger partial charge >= 0.3 is 0 Å². The van der Waals surface area contributed by atoms with Gasteiger partial charge in [0.2, 0.25) is 0 Å². The number of benzene rings is 1. The zero-order valence-corrected chi connectivity index (χ0v) is 12.3. The van der Waals surface area contributed by atoms with Crippen molar-refractivity contribution in [1.82, 2.24) is 10.3 Å². The lowest BCUT2D eigenvalue weighted by atomic mass is 10.2. The Labute approximate surface area is 118 Å². The highest BCUT2D eigenvalue weighted by Gasteiger charge is 1.99. The van der Waals surface area contributed by atoms with E-state index in [-0.39, 0.29) is 0 Å². The molecule has 1 N–H and O–H groups in total. The van der Waals surface area contributed by atoms with Gasteiger partial charge in [-0.3, -0.25) is 0 Å². The Hall–Kier alpha value is -1.39. The number of hydrogen-bond donors (Lipinski definition) is 1. The number of aryl methyl sites for hydroxylation is 2. The van der Waals surface area contributed by atoms with E-state index in [0.717, 1.165) is 25.3 Å². The molecule has 1 aromatic heterocycles. The van der Waals surface area contributed by atoms with Crippen LogP contribution in [0, 0.1) is 6.92 Å². The minimum atomic E-state index is 0.683. The van der Waals surface area contributed by atoms with Crippen LogP contribution < -0.4 is 10.1 Å². The molecule has 19 heavy (non-hydrogen) atoms. The normalized spacial score (nSPS) is 10.6. The maximum atomic E-state index is 5.68. The Balaban J connectivity index is 1.64. The van der Waals surface area contributed by atoms with Gasteiger partial charge in [-0.25, -0.2) is 4.98 Å². The monoisotopic (exact) mass is 276 g/mol. The van der Waals surface area contributed by atoms with Crippen molar-refractivity contribution in [1.29, 1.82) is 0 Å². The summed E-state index contributed by atoms with van der Waals surface area (Å²) in [5.41, 5.74) is 1.22. The van der Waals surface area contributed by atoms with Gasteiger partial charge in [0.15, 0.2) is 0 Å². The smallest absolute Gasteiger partial charge is 0.119 e. The standard InChI is InChI=1S/C15H20N2OS/c1-3-15-17-11-14(19-15)10-16-7-8-18-13-6-4-5-12(2)9-13/h4-6,9,11,16H,3,7-8,10H2,1-2H3. The summed E-state index contributed by atoms with van der Waals surface area (Å²) in [5, 5.41) is 4.57. The predicted octanol–water partition coefficient (Wildman–Crippen LogP) is 3.18. The average molecular weight is 276 g/mol. The van der Waals surface area contributed by atoms with Gasteiger partial charge in [-0.2, -0.15) is 0 Å². The molecule has 0 aliphatic rings. The summed E-state index contributed by atoms with van der Waals surface area (Å²) in [6.07, 6.45) is 2.97. The first-order chi connectivity index (χ1) is 9.28. The number of aromatic nitrogens is 1. The van der Waals surface area contributed by atoms with Crippen LogP contribution in [0.15, 0.2) is 30.5 Å². The van der Waals surface area contributed by atoms with Crippen molar-refractivity contribution in [3.8, 4) is 5.75 Å². The first-order valence-electron chi connectivity index (χ1n) is 6.61. The topological polar surface area (TPSA) is 34.2 Å². The largest absolute Gasteiger partial charge is 0.492 e. The van der Waals surface area contributed by atoms with Crippen LogP contribution in [0.3, 0.4) is 0 Å². The number of thiazole rings is 1. The highest BCUT2D eigenvalue weighted by molar-refractivity contribution is 7.11. The molecule has 0 spiro atoms. The van der Waals surface area contributed by atoms with E-state index in [9.17, 15) is 0 Å². The molecule has 2 aromatic rings. The van der Waals surface area contributed by atoms with Crippen molar-refractivity contribution in [3.05, 3.63) is 45.9 Å². The molecule has 0 unspecified atom stereocenters. The van der Waals surface area contributed by atoms with Crippen molar-refractivity contribution in [2.24, 2.45) is 0 Å². The molecule has 0 aliphatic heterocycles. The third-order valence-corrected chi connectivity index (χ3v) is 3.88. The first-order valence-corrected chi connectivity index (χ1v) is 7.43. The van der Waals surface area contributed by atoms with Gasteiger partial charge in [0.05, 0.1) is 5.01 Å². The Morgan fingerprint density at radius 1 is 1.37 bits per heavy atom. The van der Waals surface area contributed by atoms with E-state index in [1.807, 2.05) is 18.3 Å². The van der Waals surface area contributed by atoms with Gasteiger partial charge < -0.3 is 10.1 Å². The van der Waals surface area contributed by atoms with Gasteiger partial charge in [-0.05, 0) is 31.0 Å². The summed E-state index contributed by atoms with van der Waals surface area (Å²) in [7, 11) is 0. The van der Waals surface area contributed by atoms with E-state index in [1.54, 1.807) is 11.3 Å². The zero-order chi connectivity index (χ0) is 13.5. The van der Waals surface area contributed by atoms with Crippen LogP contribution in [0.25, 0.3) is 0 Å². The minimum absolute atomic E-state index is 0.683. The fraction of sp³-hybridized carbons (Fsp3) is 0.400. The molecule has 0 amide bonds. The van der Waals surface area contributed by atoms with Gasteiger partial charge in [-0.15, -0.1) is 11.3 Å². The molecule has 0 saturated heterocycles. The second-order valence-electron chi connectivity index (χ2n) is 4.42. The fourth-order valence-electron chi connectivity index (χ4n) is 1.75. The Morgan fingerprint density at radius 2 is 2.26 bits per heavy atom. The average Bonchev–Trinajstić information content (AvgIpc) is 2.86. The zero-order valence-electron chi connectivity index (χ0n) is 11.5. The SMILES string of the molecule is CCc1ncc(CNCCOc2cccc(C)c2)s1. The lowest BCUT2D eigenvalue weighted by molar-refractivity contribution is 0.313. The summed E-state index contributed by atoms with van der Waals surface area (Å²) >= 11 is 1.77. The third-order valence-electron chi connectivity index (χ3n) is 2.74. The second-order valence-corrected chi connectivity index (χ2v) is 5.62. The lowest BCUT2D eigenvalue weighted by Gasteiger charge is -2.07. The van der Waals surface area contributed by atoms with Gasteiger partial charge in [-0.1, -0.05) is 19.1 Å². The summed E-state index contributed by atoms with van der Waals surface area (Å²) in [4.78, 5) is 5.62. The molecule has 0 aliphatic carbocycles. The molecular weight excluding hydrogens is 256 g/mol. The van der Waals surface area contributed by atoms with E-state index in [4.69, 9.17) is 4.74 Å². The fourth-order valence-corrected chi connectivity index (χ4v) is 2.58. The van der Waals surface area contributed by atoms with Crippen molar-refractivity contribution in [3.63, 3.8) is 0 Å². The number of nitrogens with zero attached hydrogens (tertiary/aromatic N) is 1. The van der Waals surface area contributed by atoms with E-state index in [1.165, 1.54) is 15.4 Å². The summed E-state index contributed by atoms with van der Waals surface area (Å²) in [5.74, 6) is 0.938. The van der Waals surface area contributed by atoms with E-state index in [2.05, 4.69) is 36.3 Å². The number of nitrogens with one attached hydrogen (secondary N) is 1. The van der Waals surface area contributed by atoms with Crippen molar-refractivity contribution < 1.29 is 4.74 Å². The van der Waals surface area contributed by atoms with Crippen LogP contribution >= 0.6 is 11.3 Å². The molecule has 102 valence electrons. The van der Waals surface area contributed by atoms with E-state index < -0.39 is 0 Å². The quantitative estimate of drug-likeness (QED) is 0.789. The van der Waals surface area contributed by atoms with Crippen molar-refractivity contribution in [2.45, 2.75) is 26.8 Å². The molecule has 0 bridgehead atoms. The Morgan fingerprint density at radius 3 is 3.00 bits per heavy atom. The van der Waals surface area contributed by atoms with Crippen LogP contribution in [0.1, 0.15) is 22.4 Å². The van der Waals surface area contributed by atoms with Crippen LogP contribution in [-0.4, -0.2) is 18.1 Å². The Bertz CT molecular complexity index is 510. The van der Waals surface area contributed by atoms with Gasteiger partial charge in [0.1, 0.15) is 12.4 Å². The second kappa shape index (κ2) is 7.26. The number of hydrogen-bond acceptors (Lipinski definition) is 4. The molecule has 4 heteroatoms. The summed E-state index contributed by atoms with van der Waals surface area (Å²) in [6.45, 7) is 6.59. The molecule has 3 nitrogen and oxygen atoms in total. The minimum Gasteiger partial charge on any atom is -0.492 e. The molecule has 0 fully saturated rings. The van der Waals surface area contributed by atoms with Crippen LogP contribution in [-0.2, 0) is 13.0 Å². The molecule has 2 rings (SSSR count). The van der Waals surface area contributed by atoms with E-state index in [0.29, 0.717) is 6.61 Å². The number of ether oxygens (including phenoxy) is 1. The summed E-state index contributed by atoms with van der Waals surface area (Å²) < 4.78 is 5.68. The van der Waals surface area contributed by atoms with E-state index >= 15 is 0 Å². The van der Waals surface area contributed by atoms with Gasteiger partial charge in [0.25, 0.3) is 0 Å². The first kappa shape index (κ1) is 14.0. The van der Waals surface area contributed by atoms with Crippen LogP contribution in [0.5, 0.6) is 5.75 Å². The van der Waals surface area contributed by atoms with Crippen LogP contribution in [0.4, 0.5) is 0 Å². The predicted molar refractivity (Wildman–Crippen MR) is 79.9 cm³/mol. The molecule has 0 saturated carbocycles. The summed E-state index contributed by atoms with van der Waals surface area (Å²) in [6, 6.07) is 8.13. The molecule has 1 heterocycles. The highest BCUT2D eigenvalue weighted by Crippen LogP contribution is 2.13. The third kappa shape index (κ3) is 4.65. The van der Waals surface area contributed by atoms with Gasteiger partial charge in [0, 0.05) is 24.2 Å². The van der Waals surface area contributed by atoms with Crippen molar-refractivity contribution in [2.75, 3.05) is 13.2 Å². The lowest BCUT2D eigenvalue weighted by Crippen LogP contribution is -2.20. The number of rotatable bonds is 7. The van der Waals surface area contributed by atoms with Crippen molar-refractivity contribution >= 4 is 11.3 Å². The van der Waals surface area contributed by atoms with Crippen LogP contribution in [0.2, 0.25) is 0 Å².